The van der Waals surface area contributed by atoms with Gasteiger partial charge in [-0.2, -0.15) is 0 Å². The van der Waals surface area contributed by atoms with Gasteiger partial charge in [0.2, 0.25) is 0 Å². The van der Waals surface area contributed by atoms with Gasteiger partial charge in [-0.05, 0) is 50.7 Å². The molecular formula is C37H68F2N4. The van der Waals surface area contributed by atoms with Gasteiger partial charge in [-0.1, -0.05) is 130 Å². The Balaban J connectivity index is 0. The van der Waals surface area contributed by atoms with Gasteiger partial charge in [-0.3, -0.25) is 0 Å². The lowest BCUT2D eigenvalue weighted by atomic mass is 9.89. The van der Waals surface area contributed by atoms with Crippen molar-refractivity contribution < 1.29 is 8.78 Å². The van der Waals surface area contributed by atoms with Gasteiger partial charge in [0.25, 0.3) is 5.92 Å². The molecule has 43 heavy (non-hydrogen) atoms. The number of hydrogen-bond donors (Lipinski definition) is 4. The van der Waals surface area contributed by atoms with Crippen LogP contribution in [-0.4, -0.2) is 18.6 Å². The Hall–Kier alpha value is -2.18. The molecule has 0 spiro atoms. The van der Waals surface area contributed by atoms with Gasteiger partial charge in [0.05, 0.1) is 24.1 Å². The molecule has 1 rings (SSSR count). The van der Waals surface area contributed by atoms with Crippen molar-refractivity contribution in [3.8, 4) is 0 Å². The van der Waals surface area contributed by atoms with E-state index in [2.05, 4.69) is 65.0 Å². The van der Waals surface area contributed by atoms with Crippen molar-refractivity contribution >= 4 is 0 Å². The highest BCUT2D eigenvalue weighted by molar-refractivity contribution is 5.67. The zero-order valence-electron chi connectivity index (χ0n) is 29.4. The van der Waals surface area contributed by atoms with Crippen LogP contribution >= 0.6 is 0 Å². The highest BCUT2D eigenvalue weighted by Gasteiger charge is 2.29. The molecule has 0 heterocycles. The molecule has 0 fully saturated rings. The second kappa shape index (κ2) is 24.2. The number of nitrogens with one attached hydrogen (secondary N) is 2. The van der Waals surface area contributed by atoms with Crippen molar-refractivity contribution in [3.05, 3.63) is 71.3 Å². The third kappa shape index (κ3) is 22.9. The minimum Gasteiger partial charge on any atom is -0.377 e. The van der Waals surface area contributed by atoms with Crippen molar-refractivity contribution in [1.82, 2.24) is 10.6 Å². The largest absolute Gasteiger partial charge is 0.377 e. The molecule has 4 nitrogen and oxygen atoms in total. The molecule has 0 radical (unpaired) electrons. The quantitative estimate of drug-likeness (QED) is 0.0670. The maximum atomic E-state index is 13.0. The molecule has 0 amide bonds. The molecule has 1 aliphatic carbocycles. The van der Waals surface area contributed by atoms with Crippen molar-refractivity contribution in [1.29, 1.82) is 0 Å². The number of rotatable bonds is 19. The van der Waals surface area contributed by atoms with E-state index in [9.17, 15) is 8.78 Å². The molecule has 0 bridgehead atoms. The summed E-state index contributed by atoms with van der Waals surface area (Å²) in [6.45, 7) is 29.3. The zero-order chi connectivity index (χ0) is 33.6. The summed E-state index contributed by atoms with van der Waals surface area (Å²) in [4.78, 5) is 0. The summed E-state index contributed by atoms with van der Waals surface area (Å²) in [7, 11) is 0. The zero-order valence-corrected chi connectivity index (χ0v) is 29.4. The monoisotopic (exact) mass is 607 g/mol. The second-order valence-electron chi connectivity index (χ2n) is 12.7. The second-order valence-corrected chi connectivity index (χ2v) is 12.7. The van der Waals surface area contributed by atoms with E-state index in [1.807, 2.05) is 32.9 Å². The summed E-state index contributed by atoms with van der Waals surface area (Å²) < 4.78 is 26.0. The minimum atomic E-state index is -2.78. The van der Waals surface area contributed by atoms with Crippen molar-refractivity contribution in [2.45, 2.75) is 145 Å². The first kappa shape index (κ1) is 43.0. The van der Waals surface area contributed by atoms with E-state index in [-0.39, 0.29) is 6.17 Å². The Bertz CT molecular complexity index is 904. The number of allylic oxidation sites excluding steroid dienone is 6. The molecule has 1 unspecified atom stereocenters. The first-order chi connectivity index (χ1) is 20.0. The lowest BCUT2D eigenvalue weighted by Crippen LogP contribution is -2.37. The van der Waals surface area contributed by atoms with Crippen LogP contribution in [0.1, 0.15) is 133 Å². The van der Waals surface area contributed by atoms with Gasteiger partial charge < -0.3 is 22.1 Å². The Kier molecular flexibility index (Phi) is 24.1. The summed E-state index contributed by atoms with van der Waals surface area (Å²) in [6.07, 6.45) is 18.2. The van der Waals surface area contributed by atoms with Crippen LogP contribution in [0.15, 0.2) is 71.3 Å². The van der Waals surface area contributed by atoms with E-state index in [0.29, 0.717) is 17.0 Å². The molecule has 0 saturated carbocycles. The maximum Gasteiger partial charge on any atom is 0.262 e. The number of halogens is 2. The summed E-state index contributed by atoms with van der Waals surface area (Å²) in [5, 5.41) is 5.95. The predicted molar refractivity (Wildman–Crippen MR) is 188 cm³/mol. The van der Waals surface area contributed by atoms with Crippen molar-refractivity contribution in [2.75, 3.05) is 6.54 Å². The molecular weight excluding hydrogens is 538 g/mol. The topological polar surface area (TPSA) is 76.1 Å². The van der Waals surface area contributed by atoms with Crippen LogP contribution in [0, 0.1) is 11.8 Å². The molecule has 6 N–H and O–H groups in total. The average Bonchev–Trinajstić information content (AvgIpc) is 2.91. The molecule has 1 aliphatic rings. The summed E-state index contributed by atoms with van der Waals surface area (Å²) >= 11 is 0. The fraction of sp³-hybridized carbons (Fsp3) is 0.676. The number of unbranched alkanes of at least 4 members (excludes halogenated alkanes) is 4. The number of nitrogens with two attached hydrogens (primary N) is 2. The van der Waals surface area contributed by atoms with E-state index in [4.69, 9.17) is 11.5 Å². The Morgan fingerprint density at radius 2 is 1.42 bits per heavy atom. The Morgan fingerprint density at radius 1 is 0.860 bits per heavy atom. The fourth-order valence-corrected chi connectivity index (χ4v) is 4.30. The highest BCUT2D eigenvalue weighted by atomic mass is 19.3. The van der Waals surface area contributed by atoms with Gasteiger partial charge >= 0.3 is 0 Å². The predicted octanol–water partition coefficient (Wildman–Crippen LogP) is 10.4. The SMILES string of the molecule is C=C1C(=C)C(NC(/C=C(/C)C(=C)C)=C/C)=C1NCC(C)(F)F.CCCC(C)CCCCCC(N)N.CCCCCC(C)C. The summed E-state index contributed by atoms with van der Waals surface area (Å²) in [5.41, 5.74) is 16.5. The van der Waals surface area contributed by atoms with Crippen LogP contribution in [0.4, 0.5) is 8.78 Å². The molecule has 6 heteroatoms. The Labute approximate surface area is 265 Å². The number of hydrogen-bond acceptors (Lipinski definition) is 4. The maximum absolute atomic E-state index is 13.0. The van der Waals surface area contributed by atoms with Gasteiger partial charge in [-0.15, -0.1) is 0 Å². The lowest BCUT2D eigenvalue weighted by Gasteiger charge is -2.32. The normalized spacial score (nSPS) is 14.6. The van der Waals surface area contributed by atoms with Crippen LogP contribution in [0.5, 0.6) is 0 Å². The smallest absolute Gasteiger partial charge is 0.262 e. The molecule has 0 saturated heterocycles. The Morgan fingerprint density at radius 3 is 1.88 bits per heavy atom. The third-order valence-electron chi connectivity index (χ3n) is 7.32. The lowest BCUT2D eigenvalue weighted by molar-refractivity contribution is 0.0252. The van der Waals surface area contributed by atoms with Crippen LogP contribution in [0.25, 0.3) is 0 Å². The molecule has 1 atom stereocenters. The average molecular weight is 607 g/mol. The minimum absolute atomic E-state index is 0.104. The standard InChI is InChI=1S/C18H24F2N2.C11H26N2.C8H18/c1-8-15(9-12(4)11(2)3)22-17-14(6)13(5)16(17)21-10-18(7,19)20;1-3-7-10(2)8-5-4-6-9-11(12)13;1-4-5-6-7-8(2)3/h8-9,21-22H,2,5-6,10H2,1,3-4,7H3;10-11H,3-9,12-13H2,1-2H3;8H,4-7H2,1-3H3/b12-9-,15-8+;;. The third-order valence-corrected chi connectivity index (χ3v) is 7.32. The van der Waals surface area contributed by atoms with Crippen LogP contribution in [-0.2, 0) is 0 Å². The van der Waals surface area contributed by atoms with E-state index >= 15 is 0 Å². The highest BCUT2D eigenvalue weighted by Crippen LogP contribution is 2.35. The van der Waals surface area contributed by atoms with E-state index in [1.54, 1.807) is 0 Å². The molecule has 0 aromatic rings. The molecule has 0 aliphatic heterocycles. The van der Waals surface area contributed by atoms with Gasteiger partial charge in [-0.25, -0.2) is 8.78 Å². The van der Waals surface area contributed by atoms with E-state index in [1.165, 1.54) is 64.2 Å². The van der Waals surface area contributed by atoms with E-state index in [0.717, 1.165) is 47.6 Å². The van der Waals surface area contributed by atoms with Crippen molar-refractivity contribution in [3.63, 3.8) is 0 Å². The molecule has 250 valence electrons. The summed E-state index contributed by atoms with van der Waals surface area (Å²) in [5.74, 6) is -0.979. The van der Waals surface area contributed by atoms with Crippen LogP contribution < -0.4 is 22.1 Å². The van der Waals surface area contributed by atoms with Gasteiger partial charge in [0.15, 0.2) is 0 Å². The molecule has 0 aromatic carbocycles. The van der Waals surface area contributed by atoms with Crippen molar-refractivity contribution in [2.24, 2.45) is 23.3 Å². The fourth-order valence-electron chi connectivity index (χ4n) is 4.30. The first-order valence-electron chi connectivity index (χ1n) is 16.5. The van der Waals surface area contributed by atoms with Crippen LogP contribution in [0.3, 0.4) is 0 Å². The van der Waals surface area contributed by atoms with E-state index < -0.39 is 12.5 Å². The van der Waals surface area contributed by atoms with Crippen LogP contribution in [0.2, 0.25) is 0 Å². The first-order valence-corrected chi connectivity index (χ1v) is 16.5. The van der Waals surface area contributed by atoms with Gasteiger partial charge in [0.1, 0.15) is 0 Å². The number of alkyl halides is 2. The molecule has 0 aromatic heterocycles. The van der Waals surface area contributed by atoms with Gasteiger partial charge in [0, 0.05) is 23.8 Å². The summed E-state index contributed by atoms with van der Waals surface area (Å²) in [6, 6.07) is 0.